The molecule has 1 saturated heterocycles. The van der Waals surface area contributed by atoms with Gasteiger partial charge < -0.3 is 5.32 Å². The van der Waals surface area contributed by atoms with Crippen molar-refractivity contribution in [3.8, 4) is 0 Å². The van der Waals surface area contributed by atoms with Crippen LogP contribution in [0.25, 0.3) is 11.0 Å². The van der Waals surface area contributed by atoms with Gasteiger partial charge in [-0.1, -0.05) is 6.42 Å². The average molecular weight is 448 g/mol. The second-order valence-electron chi connectivity index (χ2n) is 7.59. The molecule has 160 valence electrons. The minimum absolute atomic E-state index is 0.226. The van der Waals surface area contributed by atoms with Gasteiger partial charge >= 0.3 is 0 Å². The summed E-state index contributed by atoms with van der Waals surface area (Å²) in [4.78, 5) is 18.2. The average Bonchev–Trinajstić information content (AvgIpc) is 3.31. The molecule has 1 aliphatic heterocycles. The van der Waals surface area contributed by atoms with Crippen LogP contribution < -0.4 is 5.32 Å². The van der Waals surface area contributed by atoms with E-state index in [0.29, 0.717) is 28.5 Å². The van der Waals surface area contributed by atoms with E-state index in [0.717, 1.165) is 40.9 Å². The first-order chi connectivity index (χ1) is 14.3. The van der Waals surface area contributed by atoms with Gasteiger partial charge in [-0.3, -0.25) is 9.48 Å². The van der Waals surface area contributed by atoms with Crippen LogP contribution in [0.4, 0.5) is 0 Å². The minimum Gasteiger partial charge on any atom is -0.347 e. The number of amides is 1. The molecule has 1 fully saturated rings. The topological polar surface area (TPSA) is 97.2 Å². The first-order valence-corrected chi connectivity index (χ1v) is 12.2. The SMILES string of the molecule is Cc1cc(C(=O)NCc2ccc(S(=O)(=O)N3CCCCC3)s2)c2c(C)nn(C)c2n1. The zero-order chi connectivity index (χ0) is 21.5. The number of aromatic nitrogens is 3. The fraction of sp³-hybridized carbons (Fsp3) is 0.450. The van der Waals surface area contributed by atoms with E-state index in [1.54, 1.807) is 34.2 Å². The number of hydrogen-bond donors (Lipinski definition) is 1. The number of piperidine rings is 1. The van der Waals surface area contributed by atoms with E-state index in [2.05, 4.69) is 15.4 Å². The Kier molecular flexibility index (Phi) is 5.65. The molecular formula is C20H25N5O3S2. The molecule has 0 spiro atoms. The zero-order valence-electron chi connectivity index (χ0n) is 17.3. The lowest BCUT2D eigenvalue weighted by atomic mass is 10.1. The molecule has 0 bridgehead atoms. The Bertz CT molecular complexity index is 1210. The number of nitrogens with zero attached hydrogens (tertiary/aromatic N) is 4. The number of carbonyl (C=O) groups excluding carboxylic acids is 1. The predicted molar refractivity (Wildman–Crippen MR) is 116 cm³/mol. The first kappa shape index (κ1) is 21.0. The van der Waals surface area contributed by atoms with Crippen molar-refractivity contribution in [2.45, 2.75) is 43.9 Å². The largest absolute Gasteiger partial charge is 0.347 e. The maximum absolute atomic E-state index is 12.9. The highest BCUT2D eigenvalue weighted by Gasteiger charge is 2.27. The molecule has 0 saturated carbocycles. The molecule has 1 N–H and O–H groups in total. The summed E-state index contributed by atoms with van der Waals surface area (Å²) in [5.74, 6) is -0.226. The minimum atomic E-state index is -3.45. The van der Waals surface area contributed by atoms with E-state index in [-0.39, 0.29) is 12.5 Å². The molecule has 10 heteroatoms. The van der Waals surface area contributed by atoms with E-state index in [1.807, 2.05) is 13.8 Å². The van der Waals surface area contributed by atoms with Crippen LogP contribution in [0.2, 0.25) is 0 Å². The third-order valence-electron chi connectivity index (χ3n) is 5.31. The second kappa shape index (κ2) is 8.09. The summed E-state index contributed by atoms with van der Waals surface area (Å²) in [5, 5.41) is 8.02. The summed E-state index contributed by atoms with van der Waals surface area (Å²) < 4.78 is 29.2. The highest BCUT2D eigenvalue weighted by atomic mass is 32.2. The monoisotopic (exact) mass is 447 g/mol. The standard InChI is InChI=1S/C20H25N5O3S2/c1-13-11-16(18-14(2)23-24(3)19(18)22-13)20(26)21-12-15-7-8-17(29-15)30(27,28)25-9-5-4-6-10-25/h7-8,11H,4-6,9-10,12H2,1-3H3,(H,21,26). The van der Waals surface area contributed by atoms with Gasteiger partial charge in [-0.05, 0) is 44.9 Å². The van der Waals surface area contributed by atoms with Gasteiger partial charge in [0.1, 0.15) is 4.21 Å². The van der Waals surface area contributed by atoms with Crippen molar-refractivity contribution in [1.29, 1.82) is 0 Å². The fourth-order valence-corrected chi connectivity index (χ4v) is 6.80. The number of sulfonamides is 1. The molecule has 3 aromatic rings. The lowest BCUT2D eigenvalue weighted by Gasteiger charge is -2.25. The Hall–Kier alpha value is -2.30. The van der Waals surface area contributed by atoms with Gasteiger partial charge in [0, 0.05) is 30.7 Å². The van der Waals surface area contributed by atoms with Gasteiger partial charge in [0.05, 0.1) is 23.2 Å². The Labute approximate surface area is 180 Å². The van der Waals surface area contributed by atoms with E-state index < -0.39 is 10.0 Å². The van der Waals surface area contributed by atoms with Crippen LogP contribution in [0.5, 0.6) is 0 Å². The highest BCUT2D eigenvalue weighted by Crippen LogP contribution is 2.27. The summed E-state index contributed by atoms with van der Waals surface area (Å²) in [6, 6.07) is 5.16. The number of fused-ring (bicyclic) bond motifs is 1. The van der Waals surface area contributed by atoms with Crippen LogP contribution in [0.15, 0.2) is 22.4 Å². The molecule has 0 unspecified atom stereocenters. The van der Waals surface area contributed by atoms with Crippen molar-refractivity contribution in [3.63, 3.8) is 0 Å². The molecule has 0 aliphatic carbocycles. The van der Waals surface area contributed by atoms with Gasteiger partial charge in [0.15, 0.2) is 5.65 Å². The number of rotatable bonds is 5. The van der Waals surface area contributed by atoms with E-state index in [4.69, 9.17) is 0 Å². The van der Waals surface area contributed by atoms with Crippen LogP contribution in [-0.4, -0.2) is 46.5 Å². The van der Waals surface area contributed by atoms with Gasteiger partial charge in [-0.15, -0.1) is 11.3 Å². The van der Waals surface area contributed by atoms with Crippen LogP contribution >= 0.6 is 11.3 Å². The van der Waals surface area contributed by atoms with Crippen molar-refractivity contribution >= 4 is 38.3 Å². The quantitative estimate of drug-likeness (QED) is 0.649. The lowest BCUT2D eigenvalue weighted by Crippen LogP contribution is -2.35. The van der Waals surface area contributed by atoms with Crippen molar-refractivity contribution < 1.29 is 13.2 Å². The molecule has 0 aromatic carbocycles. The fourth-order valence-electron chi connectivity index (χ4n) is 3.84. The maximum atomic E-state index is 12.9. The van der Waals surface area contributed by atoms with E-state index >= 15 is 0 Å². The molecule has 0 atom stereocenters. The number of nitrogens with one attached hydrogen (secondary N) is 1. The molecule has 4 heterocycles. The number of thiophene rings is 1. The molecule has 1 amide bonds. The summed E-state index contributed by atoms with van der Waals surface area (Å²) in [6.45, 7) is 5.12. The highest BCUT2D eigenvalue weighted by molar-refractivity contribution is 7.91. The van der Waals surface area contributed by atoms with E-state index in [9.17, 15) is 13.2 Å². The predicted octanol–water partition coefficient (Wildman–Crippen LogP) is 2.75. The third kappa shape index (κ3) is 3.86. The summed E-state index contributed by atoms with van der Waals surface area (Å²) in [5.41, 5.74) is 2.68. The van der Waals surface area contributed by atoms with Gasteiger partial charge in [-0.2, -0.15) is 9.40 Å². The zero-order valence-corrected chi connectivity index (χ0v) is 18.9. The normalized spacial score (nSPS) is 15.6. The van der Waals surface area contributed by atoms with Crippen molar-refractivity contribution in [3.05, 3.63) is 40.0 Å². The number of carbonyl (C=O) groups is 1. The smallest absolute Gasteiger partial charge is 0.252 e. The molecule has 4 rings (SSSR count). The third-order valence-corrected chi connectivity index (χ3v) is 8.76. The Morgan fingerprint density at radius 1 is 1.20 bits per heavy atom. The number of aryl methyl sites for hydroxylation is 3. The summed E-state index contributed by atoms with van der Waals surface area (Å²) >= 11 is 1.21. The number of pyridine rings is 1. The summed E-state index contributed by atoms with van der Waals surface area (Å²) in [6.07, 6.45) is 2.88. The number of hydrogen-bond acceptors (Lipinski definition) is 6. The van der Waals surface area contributed by atoms with Crippen LogP contribution in [0.1, 0.15) is 45.9 Å². The van der Waals surface area contributed by atoms with E-state index in [1.165, 1.54) is 11.3 Å². The van der Waals surface area contributed by atoms with Gasteiger partial charge in [-0.25, -0.2) is 13.4 Å². The van der Waals surface area contributed by atoms with Gasteiger partial charge in [0.25, 0.3) is 15.9 Å². The second-order valence-corrected chi connectivity index (χ2v) is 10.9. The van der Waals surface area contributed by atoms with Crippen LogP contribution in [0.3, 0.4) is 0 Å². The van der Waals surface area contributed by atoms with Gasteiger partial charge in [0.2, 0.25) is 0 Å². The van der Waals surface area contributed by atoms with Crippen LogP contribution in [0, 0.1) is 13.8 Å². The summed E-state index contributed by atoms with van der Waals surface area (Å²) in [7, 11) is -1.64. The van der Waals surface area contributed by atoms with Crippen molar-refractivity contribution in [2.75, 3.05) is 13.1 Å². The van der Waals surface area contributed by atoms with Crippen molar-refractivity contribution in [1.82, 2.24) is 24.4 Å². The molecule has 1 aliphatic rings. The molecule has 30 heavy (non-hydrogen) atoms. The molecule has 3 aromatic heterocycles. The molecule has 8 nitrogen and oxygen atoms in total. The maximum Gasteiger partial charge on any atom is 0.252 e. The van der Waals surface area contributed by atoms with Crippen LogP contribution in [-0.2, 0) is 23.6 Å². The Morgan fingerprint density at radius 2 is 1.93 bits per heavy atom. The Morgan fingerprint density at radius 3 is 2.67 bits per heavy atom. The molecular weight excluding hydrogens is 422 g/mol. The van der Waals surface area contributed by atoms with Crippen molar-refractivity contribution in [2.24, 2.45) is 7.05 Å². The lowest BCUT2D eigenvalue weighted by molar-refractivity contribution is 0.0952. The Balaban J connectivity index is 1.51. The molecule has 0 radical (unpaired) electrons. The first-order valence-electron chi connectivity index (χ1n) is 9.95.